The van der Waals surface area contributed by atoms with Gasteiger partial charge in [-0.25, -0.2) is 4.39 Å². The highest BCUT2D eigenvalue weighted by Crippen LogP contribution is 2.29. The second kappa shape index (κ2) is 6.66. The van der Waals surface area contributed by atoms with Gasteiger partial charge in [0, 0.05) is 23.2 Å². The van der Waals surface area contributed by atoms with Crippen LogP contribution in [0, 0.1) is 5.82 Å². The van der Waals surface area contributed by atoms with E-state index in [1.807, 2.05) is 0 Å². The first-order valence-corrected chi connectivity index (χ1v) is 7.11. The lowest BCUT2D eigenvalue weighted by Crippen LogP contribution is -2.24. The van der Waals surface area contributed by atoms with Crippen LogP contribution in [-0.4, -0.2) is 19.8 Å². The molecule has 0 saturated carbocycles. The van der Waals surface area contributed by atoms with Crippen LogP contribution in [0.5, 0.6) is 11.5 Å². The third-order valence-electron chi connectivity index (χ3n) is 3.54. The van der Waals surface area contributed by atoms with Crippen LogP contribution in [0.2, 0.25) is 0 Å². The molecular formula is C17H16FNO4. The molecule has 2 aromatic rings. The molecule has 0 saturated heterocycles. The van der Waals surface area contributed by atoms with Crippen LogP contribution >= 0.6 is 0 Å². The highest BCUT2D eigenvalue weighted by atomic mass is 19.1. The molecule has 0 spiro atoms. The Morgan fingerprint density at radius 2 is 2.09 bits per heavy atom. The molecule has 0 unspecified atom stereocenters. The van der Waals surface area contributed by atoms with Gasteiger partial charge < -0.3 is 19.5 Å². The third-order valence-corrected chi connectivity index (χ3v) is 3.54. The zero-order valence-corrected chi connectivity index (χ0v) is 12.6. The van der Waals surface area contributed by atoms with Gasteiger partial charge in [0.1, 0.15) is 17.3 Å². The zero-order valence-electron chi connectivity index (χ0n) is 12.6. The Kier molecular flexibility index (Phi) is 4.43. The number of amides is 1. The second-order valence-electron chi connectivity index (χ2n) is 5.07. The summed E-state index contributed by atoms with van der Waals surface area (Å²) in [4.78, 5) is 12.2. The van der Waals surface area contributed by atoms with Gasteiger partial charge in [-0.2, -0.15) is 0 Å². The van der Waals surface area contributed by atoms with Crippen molar-refractivity contribution in [2.45, 2.75) is 13.2 Å². The number of carbonyl (C=O) groups is 1. The molecule has 5 nitrogen and oxygen atoms in total. The van der Waals surface area contributed by atoms with Crippen LogP contribution < -0.4 is 14.8 Å². The molecule has 0 atom stereocenters. The van der Waals surface area contributed by atoms with Gasteiger partial charge in [0.25, 0.3) is 5.91 Å². The van der Waals surface area contributed by atoms with Crippen molar-refractivity contribution in [3.05, 3.63) is 58.9 Å². The lowest BCUT2D eigenvalue weighted by atomic mass is 10.1. The van der Waals surface area contributed by atoms with Crippen molar-refractivity contribution in [1.29, 1.82) is 0 Å². The fourth-order valence-electron chi connectivity index (χ4n) is 2.41. The molecule has 0 aliphatic carbocycles. The first-order chi connectivity index (χ1) is 11.2. The fourth-order valence-corrected chi connectivity index (χ4v) is 2.41. The fraction of sp³-hybridized carbons (Fsp3) is 0.235. The monoisotopic (exact) mass is 317 g/mol. The van der Waals surface area contributed by atoms with E-state index >= 15 is 0 Å². The topological polar surface area (TPSA) is 56.8 Å². The van der Waals surface area contributed by atoms with Crippen LogP contribution in [0.3, 0.4) is 0 Å². The molecule has 1 aliphatic rings. The normalized spacial score (nSPS) is 13.0. The number of nitrogens with one attached hydrogen (secondary N) is 1. The number of fused-ring (bicyclic) bond motifs is 1. The smallest absolute Gasteiger partial charge is 0.251 e. The molecule has 0 radical (unpaired) electrons. The summed E-state index contributed by atoms with van der Waals surface area (Å²) < 4.78 is 29.3. The average molecular weight is 317 g/mol. The maximum absolute atomic E-state index is 13.6. The molecule has 120 valence electrons. The van der Waals surface area contributed by atoms with Crippen LogP contribution in [0.15, 0.2) is 36.4 Å². The summed E-state index contributed by atoms with van der Waals surface area (Å²) in [7, 11) is 1.56. The van der Waals surface area contributed by atoms with Gasteiger partial charge in [-0.3, -0.25) is 4.79 Å². The summed E-state index contributed by atoms with van der Waals surface area (Å²) in [6.07, 6.45) is 0. The number of rotatable bonds is 4. The second-order valence-corrected chi connectivity index (χ2v) is 5.07. The summed E-state index contributed by atoms with van der Waals surface area (Å²) >= 11 is 0. The summed E-state index contributed by atoms with van der Waals surface area (Å²) in [5, 5.41) is 2.76. The van der Waals surface area contributed by atoms with Crippen molar-refractivity contribution in [3.63, 3.8) is 0 Å². The Balaban J connectivity index is 1.72. The Bertz CT molecular complexity index is 715. The molecule has 3 rings (SSSR count). The van der Waals surface area contributed by atoms with Crippen molar-refractivity contribution < 1.29 is 23.4 Å². The largest absolute Gasteiger partial charge is 0.497 e. The first kappa shape index (κ1) is 15.3. The number of ether oxygens (including phenoxy) is 3. The molecule has 1 heterocycles. The Morgan fingerprint density at radius 1 is 1.30 bits per heavy atom. The van der Waals surface area contributed by atoms with Crippen LogP contribution in [-0.2, 0) is 17.9 Å². The van der Waals surface area contributed by atoms with Gasteiger partial charge in [-0.1, -0.05) is 0 Å². The minimum atomic E-state index is -0.383. The van der Waals surface area contributed by atoms with Crippen molar-refractivity contribution in [2.24, 2.45) is 0 Å². The molecule has 1 amide bonds. The van der Waals surface area contributed by atoms with Crippen molar-refractivity contribution >= 4 is 5.91 Å². The molecule has 0 bridgehead atoms. The average Bonchev–Trinajstić information content (AvgIpc) is 2.59. The Labute approximate surface area is 133 Å². The summed E-state index contributed by atoms with van der Waals surface area (Å²) in [6, 6.07) is 9.49. The van der Waals surface area contributed by atoms with E-state index in [-0.39, 0.29) is 25.1 Å². The highest BCUT2D eigenvalue weighted by Gasteiger charge is 2.17. The number of hydrogen-bond acceptors (Lipinski definition) is 4. The minimum absolute atomic E-state index is 0.123. The number of methoxy groups -OCH3 is 1. The molecule has 23 heavy (non-hydrogen) atoms. The molecular weight excluding hydrogens is 301 g/mol. The lowest BCUT2D eigenvalue weighted by Gasteiger charge is -2.21. The first-order valence-electron chi connectivity index (χ1n) is 7.11. The molecule has 0 fully saturated rings. The van der Waals surface area contributed by atoms with Gasteiger partial charge in [-0.15, -0.1) is 0 Å². The van der Waals surface area contributed by atoms with E-state index in [0.29, 0.717) is 34.8 Å². The lowest BCUT2D eigenvalue weighted by molar-refractivity contribution is -0.0173. The Hall–Kier alpha value is -2.60. The molecule has 1 aliphatic heterocycles. The summed E-state index contributed by atoms with van der Waals surface area (Å²) in [5.41, 5.74) is 1.73. The zero-order chi connectivity index (χ0) is 16.2. The van der Waals surface area contributed by atoms with Gasteiger partial charge in [-0.05, 0) is 36.4 Å². The van der Waals surface area contributed by atoms with Gasteiger partial charge in [0.15, 0.2) is 6.79 Å². The van der Waals surface area contributed by atoms with Crippen molar-refractivity contribution in [2.75, 3.05) is 13.9 Å². The number of halogens is 1. The van der Waals surface area contributed by atoms with Gasteiger partial charge in [0.05, 0.1) is 13.7 Å². The van der Waals surface area contributed by atoms with Crippen molar-refractivity contribution in [3.8, 4) is 11.5 Å². The van der Waals surface area contributed by atoms with Crippen LogP contribution in [0.1, 0.15) is 21.5 Å². The predicted octanol–water partition coefficient (Wildman–Crippen LogP) is 2.63. The summed E-state index contributed by atoms with van der Waals surface area (Å²) in [5.74, 6) is 0.617. The van der Waals surface area contributed by atoms with E-state index in [1.54, 1.807) is 31.4 Å². The number of benzene rings is 2. The van der Waals surface area contributed by atoms with Gasteiger partial charge in [0.2, 0.25) is 0 Å². The molecule has 0 aromatic heterocycles. The summed E-state index contributed by atoms with van der Waals surface area (Å²) in [6.45, 7) is 0.593. The number of hydrogen-bond donors (Lipinski definition) is 1. The highest BCUT2D eigenvalue weighted by molar-refractivity contribution is 5.94. The van der Waals surface area contributed by atoms with E-state index in [0.717, 1.165) is 0 Å². The predicted molar refractivity (Wildman–Crippen MR) is 80.8 cm³/mol. The van der Waals surface area contributed by atoms with E-state index in [1.165, 1.54) is 12.1 Å². The molecule has 6 heteroatoms. The van der Waals surface area contributed by atoms with E-state index < -0.39 is 0 Å². The maximum Gasteiger partial charge on any atom is 0.251 e. The minimum Gasteiger partial charge on any atom is -0.497 e. The quantitative estimate of drug-likeness (QED) is 0.942. The third kappa shape index (κ3) is 3.43. The van der Waals surface area contributed by atoms with Crippen LogP contribution in [0.25, 0.3) is 0 Å². The maximum atomic E-state index is 13.6. The number of carbonyl (C=O) groups excluding carboxylic acids is 1. The molecule has 1 N–H and O–H groups in total. The SMILES string of the molecule is COc1ccc(C(=O)NCc2cc(F)cc3c2OCOC3)cc1. The van der Waals surface area contributed by atoms with Crippen LogP contribution in [0.4, 0.5) is 4.39 Å². The molecule has 2 aromatic carbocycles. The van der Waals surface area contributed by atoms with E-state index in [4.69, 9.17) is 14.2 Å². The standard InChI is InChI=1S/C17H16FNO4/c1-21-15-4-2-11(3-5-15)17(20)19-8-12-6-14(18)7-13-9-22-10-23-16(12)13/h2-7H,8-10H2,1H3,(H,19,20). The Morgan fingerprint density at radius 3 is 2.83 bits per heavy atom. The van der Waals surface area contributed by atoms with Gasteiger partial charge >= 0.3 is 0 Å². The van der Waals surface area contributed by atoms with E-state index in [2.05, 4.69) is 5.32 Å². The van der Waals surface area contributed by atoms with E-state index in [9.17, 15) is 9.18 Å². The van der Waals surface area contributed by atoms with Crippen molar-refractivity contribution in [1.82, 2.24) is 5.32 Å².